The van der Waals surface area contributed by atoms with Crippen LogP contribution in [0.4, 0.5) is 30.5 Å². The lowest BCUT2D eigenvalue weighted by Crippen LogP contribution is -2.37. The highest BCUT2D eigenvalue weighted by Gasteiger charge is 2.37. The molecule has 0 atom stereocenters. The fraction of sp³-hybridized carbons (Fsp3) is 0.375. The van der Waals surface area contributed by atoms with Crippen LogP contribution in [-0.4, -0.2) is 36.3 Å². The first kappa shape index (κ1) is 17.3. The van der Waals surface area contributed by atoms with Crippen LogP contribution in [-0.2, 0) is 17.5 Å². The van der Waals surface area contributed by atoms with Crippen molar-refractivity contribution in [1.82, 2.24) is 9.97 Å². The van der Waals surface area contributed by atoms with Gasteiger partial charge in [0, 0.05) is 17.6 Å². The lowest BCUT2D eigenvalue weighted by Gasteiger charge is -2.29. The molecule has 2 aromatic rings. The van der Waals surface area contributed by atoms with Crippen LogP contribution in [0.5, 0.6) is 5.75 Å². The Hall–Kier alpha value is -2.07. The maximum Gasteiger partial charge on any atom is 0.420 e. The van der Waals surface area contributed by atoms with Gasteiger partial charge in [-0.3, -0.25) is 0 Å². The fourth-order valence-electron chi connectivity index (χ4n) is 3.02. The molecule has 1 fully saturated rings. The molecule has 1 saturated heterocycles. The number of anilines is 3. The van der Waals surface area contributed by atoms with Gasteiger partial charge in [0.2, 0.25) is 0 Å². The molecule has 6 nitrogen and oxygen atoms in total. The summed E-state index contributed by atoms with van der Waals surface area (Å²) in [5.74, 6) is 0.837. The van der Waals surface area contributed by atoms with E-state index in [4.69, 9.17) is 9.47 Å². The third-order valence-corrected chi connectivity index (χ3v) is 4.66. The molecule has 2 aliphatic heterocycles. The molecule has 0 aliphatic carbocycles. The van der Waals surface area contributed by atoms with Crippen LogP contribution in [0.1, 0.15) is 11.1 Å². The van der Waals surface area contributed by atoms with Crippen molar-refractivity contribution in [3.05, 3.63) is 34.1 Å². The smallest absolute Gasteiger partial charge is 0.420 e. The van der Waals surface area contributed by atoms with E-state index in [9.17, 15) is 13.2 Å². The third kappa shape index (κ3) is 3.18. The number of nitrogens with one attached hydrogen (secondary N) is 1. The summed E-state index contributed by atoms with van der Waals surface area (Å²) in [4.78, 5) is 10.5. The average Bonchev–Trinajstić information content (AvgIpc) is 2.79. The van der Waals surface area contributed by atoms with Gasteiger partial charge in [-0.1, -0.05) is 15.9 Å². The molecule has 1 N–H and O–H groups in total. The molecule has 2 aliphatic rings. The molecule has 0 saturated carbocycles. The lowest BCUT2D eigenvalue weighted by molar-refractivity contribution is -0.139. The molecular weight excluding hydrogens is 417 g/mol. The zero-order valence-electron chi connectivity index (χ0n) is 13.4. The number of fused-ring (bicyclic) bond motifs is 2. The van der Waals surface area contributed by atoms with E-state index >= 15 is 0 Å². The van der Waals surface area contributed by atoms with Crippen LogP contribution in [0.15, 0.2) is 22.9 Å². The van der Waals surface area contributed by atoms with Crippen LogP contribution in [0.2, 0.25) is 0 Å². The van der Waals surface area contributed by atoms with Gasteiger partial charge in [-0.15, -0.1) is 0 Å². The van der Waals surface area contributed by atoms with Crippen LogP contribution < -0.4 is 15.0 Å². The normalized spacial score (nSPS) is 16.8. The Kier molecular flexibility index (Phi) is 4.39. The maximum atomic E-state index is 13.4. The predicted molar refractivity (Wildman–Crippen MR) is 91.8 cm³/mol. The molecule has 10 heteroatoms. The van der Waals surface area contributed by atoms with Crippen LogP contribution in [0.25, 0.3) is 0 Å². The van der Waals surface area contributed by atoms with E-state index in [0.29, 0.717) is 48.0 Å². The van der Waals surface area contributed by atoms with E-state index in [1.54, 1.807) is 0 Å². The first-order chi connectivity index (χ1) is 12.4. The van der Waals surface area contributed by atoms with Gasteiger partial charge in [-0.25, -0.2) is 9.97 Å². The topological polar surface area (TPSA) is 59.5 Å². The number of hydrogen-bond donors (Lipinski definition) is 1. The van der Waals surface area contributed by atoms with E-state index < -0.39 is 11.7 Å². The molecule has 1 aromatic carbocycles. The number of benzene rings is 1. The summed E-state index contributed by atoms with van der Waals surface area (Å²) in [5.41, 5.74) is -0.0185. The summed E-state index contributed by atoms with van der Waals surface area (Å²) in [6, 6.07) is 2.54. The first-order valence-corrected chi connectivity index (χ1v) is 8.70. The summed E-state index contributed by atoms with van der Waals surface area (Å²) in [7, 11) is 0. The van der Waals surface area contributed by atoms with Crippen molar-refractivity contribution >= 4 is 33.3 Å². The summed E-state index contributed by atoms with van der Waals surface area (Å²) >= 11 is 3.13. The van der Waals surface area contributed by atoms with E-state index in [-0.39, 0.29) is 18.0 Å². The van der Waals surface area contributed by atoms with Crippen molar-refractivity contribution in [3.63, 3.8) is 0 Å². The molecule has 1 aromatic heterocycles. The van der Waals surface area contributed by atoms with Gasteiger partial charge < -0.3 is 19.7 Å². The zero-order chi connectivity index (χ0) is 18.3. The Morgan fingerprint density at radius 1 is 1.15 bits per heavy atom. The van der Waals surface area contributed by atoms with Crippen molar-refractivity contribution in [1.29, 1.82) is 0 Å². The molecule has 3 heterocycles. The highest BCUT2D eigenvalue weighted by molar-refractivity contribution is 9.10. The SMILES string of the molecule is FC(F)(F)c1cc(Br)cc2c1OCc1c(ncnc1N1CCOCC1)N2. The number of halogens is 4. The number of hydrogen-bond acceptors (Lipinski definition) is 6. The number of alkyl halides is 3. The van der Waals surface area contributed by atoms with Crippen LogP contribution in [0.3, 0.4) is 0 Å². The highest BCUT2D eigenvalue weighted by atomic mass is 79.9. The molecule has 4 rings (SSSR count). The van der Waals surface area contributed by atoms with E-state index in [2.05, 4.69) is 31.2 Å². The van der Waals surface area contributed by atoms with Crippen molar-refractivity contribution < 1.29 is 22.6 Å². The zero-order valence-corrected chi connectivity index (χ0v) is 15.0. The van der Waals surface area contributed by atoms with Crippen molar-refractivity contribution in [2.45, 2.75) is 12.8 Å². The van der Waals surface area contributed by atoms with Gasteiger partial charge in [0.25, 0.3) is 0 Å². The van der Waals surface area contributed by atoms with Crippen molar-refractivity contribution in [2.24, 2.45) is 0 Å². The number of rotatable bonds is 1. The van der Waals surface area contributed by atoms with Gasteiger partial charge in [0.05, 0.1) is 24.5 Å². The highest BCUT2D eigenvalue weighted by Crippen LogP contribution is 2.45. The number of ether oxygens (including phenoxy) is 2. The summed E-state index contributed by atoms with van der Waals surface area (Å²) < 4.78 is 51.4. The molecule has 0 amide bonds. The average molecular weight is 431 g/mol. The largest absolute Gasteiger partial charge is 0.486 e. The van der Waals surface area contributed by atoms with Gasteiger partial charge in [-0.2, -0.15) is 13.2 Å². The minimum absolute atomic E-state index is 0.0619. The number of morpholine rings is 1. The second-order valence-electron chi connectivity index (χ2n) is 5.87. The number of nitrogens with zero attached hydrogens (tertiary/aromatic N) is 3. The van der Waals surface area contributed by atoms with Gasteiger partial charge >= 0.3 is 6.18 Å². The Morgan fingerprint density at radius 3 is 2.65 bits per heavy atom. The van der Waals surface area contributed by atoms with Gasteiger partial charge in [0.15, 0.2) is 5.75 Å². The first-order valence-electron chi connectivity index (χ1n) is 7.90. The Morgan fingerprint density at radius 2 is 1.92 bits per heavy atom. The molecule has 0 radical (unpaired) electrons. The van der Waals surface area contributed by atoms with Gasteiger partial charge in [0.1, 0.15) is 30.1 Å². The molecule has 0 spiro atoms. The minimum atomic E-state index is -4.54. The maximum absolute atomic E-state index is 13.4. The predicted octanol–water partition coefficient (Wildman–Crippen LogP) is 3.73. The Labute approximate surface area is 155 Å². The summed E-state index contributed by atoms with van der Waals surface area (Å²) in [6.07, 6.45) is -3.14. The van der Waals surface area contributed by atoms with Crippen molar-refractivity contribution in [3.8, 4) is 5.75 Å². The van der Waals surface area contributed by atoms with Crippen LogP contribution in [0, 0.1) is 0 Å². The van der Waals surface area contributed by atoms with Crippen LogP contribution >= 0.6 is 15.9 Å². The Balaban J connectivity index is 1.77. The molecule has 138 valence electrons. The number of aromatic nitrogens is 2. The summed E-state index contributed by atoms with van der Waals surface area (Å²) in [5, 5.41) is 2.97. The van der Waals surface area contributed by atoms with Gasteiger partial charge in [-0.05, 0) is 12.1 Å². The Bertz CT molecular complexity index is 841. The lowest BCUT2D eigenvalue weighted by atomic mass is 10.1. The molecular formula is C16H14BrF3N4O2. The van der Waals surface area contributed by atoms with E-state index in [0.717, 1.165) is 6.07 Å². The fourth-order valence-corrected chi connectivity index (χ4v) is 3.47. The standard InChI is InChI=1S/C16H14BrF3N4O2/c17-9-5-11(16(18,19)20)13-12(6-9)23-14-10(7-26-13)15(22-8-21-14)24-1-3-25-4-2-24/h5-6,8H,1-4,7H2,(H,21,22,23). The minimum Gasteiger partial charge on any atom is -0.486 e. The quantitative estimate of drug-likeness (QED) is 0.743. The van der Waals surface area contributed by atoms with E-state index in [1.807, 2.05) is 4.90 Å². The summed E-state index contributed by atoms with van der Waals surface area (Å²) in [6.45, 7) is 2.37. The molecule has 0 bridgehead atoms. The second-order valence-corrected chi connectivity index (χ2v) is 6.78. The second kappa shape index (κ2) is 6.58. The van der Waals surface area contributed by atoms with Crippen molar-refractivity contribution in [2.75, 3.05) is 36.5 Å². The van der Waals surface area contributed by atoms with E-state index in [1.165, 1.54) is 12.4 Å². The molecule has 26 heavy (non-hydrogen) atoms. The molecule has 0 unspecified atom stereocenters. The monoisotopic (exact) mass is 430 g/mol. The third-order valence-electron chi connectivity index (χ3n) is 4.21.